The number of benzene rings is 2. The van der Waals surface area contributed by atoms with Crippen molar-refractivity contribution in [1.82, 2.24) is 0 Å². The summed E-state index contributed by atoms with van der Waals surface area (Å²) in [4.78, 5) is 15.1. The SMILES string of the molecule is O=C(/C(=C/c1ccco1)c1ccccc1)N1CCc2ccccc21. The van der Waals surface area contributed by atoms with Crippen LogP contribution in [0.3, 0.4) is 0 Å². The van der Waals surface area contributed by atoms with E-state index in [2.05, 4.69) is 6.07 Å². The molecule has 2 heterocycles. The first-order chi connectivity index (χ1) is 11.8. The number of nitrogens with zero attached hydrogens (tertiary/aromatic N) is 1. The number of hydrogen-bond donors (Lipinski definition) is 0. The van der Waals surface area contributed by atoms with E-state index in [-0.39, 0.29) is 5.91 Å². The van der Waals surface area contributed by atoms with Crippen molar-refractivity contribution in [2.24, 2.45) is 0 Å². The lowest BCUT2D eigenvalue weighted by Gasteiger charge is -2.19. The lowest BCUT2D eigenvalue weighted by molar-refractivity contribution is -0.113. The first kappa shape index (κ1) is 14.5. The largest absolute Gasteiger partial charge is 0.465 e. The Bertz CT molecular complexity index is 879. The van der Waals surface area contributed by atoms with Gasteiger partial charge < -0.3 is 9.32 Å². The third-order valence-corrected chi connectivity index (χ3v) is 4.28. The van der Waals surface area contributed by atoms with Gasteiger partial charge in [0.05, 0.1) is 11.8 Å². The molecule has 0 spiro atoms. The van der Waals surface area contributed by atoms with Crippen molar-refractivity contribution in [2.45, 2.75) is 6.42 Å². The van der Waals surface area contributed by atoms with Gasteiger partial charge in [-0.25, -0.2) is 0 Å². The Hall–Kier alpha value is -3.07. The van der Waals surface area contributed by atoms with Crippen LogP contribution in [0, 0.1) is 0 Å². The van der Waals surface area contributed by atoms with E-state index in [4.69, 9.17) is 4.42 Å². The number of carbonyl (C=O) groups excluding carboxylic acids is 1. The summed E-state index contributed by atoms with van der Waals surface area (Å²) in [5.41, 5.74) is 3.76. The molecule has 0 aliphatic carbocycles. The Morgan fingerprint density at radius 1 is 0.958 bits per heavy atom. The first-order valence-electron chi connectivity index (χ1n) is 8.03. The molecule has 1 aliphatic heterocycles. The molecule has 0 N–H and O–H groups in total. The summed E-state index contributed by atoms with van der Waals surface area (Å²) in [5, 5.41) is 0. The first-order valence-corrected chi connectivity index (χ1v) is 8.03. The molecule has 0 fully saturated rings. The van der Waals surface area contributed by atoms with E-state index in [9.17, 15) is 4.79 Å². The standard InChI is InChI=1S/C21H17NO2/c23-21(22-13-12-17-9-4-5-11-20(17)22)19(15-18-10-6-14-24-18)16-7-2-1-3-8-16/h1-11,14-15H,12-13H2/b19-15+. The number of carbonyl (C=O) groups is 1. The normalized spacial score (nSPS) is 13.8. The molecule has 118 valence electrons. The number of furan rings is 1. The third kappa shape index (κ3) is 2.65. The van der Waals surface area contributed by atoms with Crippen molar-refractivity contribution < 1.29 is 9.21 Å². The van der Waals surface area contributed by atoms with E-state index in [1.54, 1.807) is 6.26 Å². The number of para-hydroxylation sites is 1. The van der Waals surface area contributed by atoms with Gasteiger partial charge in [-0.3, -0.25) is 4.79 Å². The van der Waals surface area contributed by atoms with Crippen molar-refractivity contribution in [3.63, 3.8) is 0 Å². The van der Waals surface area contributed by atoms with Gasteiger partial charge in [-0.1, -0.05) is 48.5 Å². The van der Waals surface area contributed by atoms with Crippen molar-refractivity contribution in [3.8, 4) is 0 Å². The second-order valence-electron chi connectivity index (χ2n) is 5.77. The monoisotopic (exact) mass is 315 g/mol. The lowest BCUT2D eigenvalue weighted by atomic mass is 10.0. The van der Waals surface area contributed by atoms with Gasteiger partial charge in [-0.15, -0.1) is 0 Å². The predicted octanol–water partition coefficient (Wildman–Crippen LogP) is 4.41. The van der Waals surface area contributed by atoms with Crippen LogP contribution in [0.15, 0.2) is 77.4 Å². The van der Waals surface area contributed by atoms with Gasteiger partial charge >= 0.3 is 0 Å². The molecule has 1 aromatic heterocycles. The highest BCUT2D eigenvalue weighted by molar-refractivity contribution is 6.30. The summed E-state index contributed by atoms with van der Waals surface area (Å²) >= 11 is 0. The number of hydrogen-bond acceptors (Lipinski definition) is 2. The summed E-state index contributed by atoms with van der Waals surface area (Å²) in [6.07, 6.45) is 4.33. The Morgan fingerprint density at radius 2 is 1.75 bits per heavy atom. The second kappa shape index (κ2) is 6.20. The molecule has 0 radical (unpaired) electrons. The van der Waals surface area contributed by atoms with Crippen molar-refractivity contribution in [2.75, 3.05) is 11.4 Å². The molecule has 1 aliphatic rings. The minimum Gasteiger partial charge on any atom is -0.465 e. The van der Waals surface area contributed by atoms with Crippen LogP contribution in [-0.4, -0.2) is 12.5 Å². The fourth-order valence-corrected chi connectivity index (χ4v) is 3.10. The van der Waals surface area contributed by atoms with Crippen LogP contribution in [0.5, 0.6) is 0 Å². The zero-order valence-electron chi connectivity index (χ0n) is 13.2. The summed E-state index contributed by atoms with van der Waals surface area (Å²) in [6, 6.07) is 21.5. The predicted molar refractivity (Wildman–Crippen MR) is 95.5 cm³/mol. The van der Waals surface area contributed by atoms with Gasteiger partial charge in [-0.05, 0) is 41.8 Å². The van der Waals surface area contributed by atoms with E-state index >= 15 is 0 Å². The second-order valence-corrected chi connectivity index (χ2v) is 5.77. The number of anilines is 1. The lowest BCUT2D eigenvalue weighted by Crippen LogP contribution is -2.29. The maximum atomic E-state index is 13.3. The van der Waals surface area contributed by atoms with Gasteiger partial charge in [0.25, 0.3) is 5.91 Å². The Kier molecular flexibility index (Phi) is 3.75. The Labute approximate surface area is 140 Å². The summed E-state index contributed by atoms with van der Waals surface area (Å²) in [6.45, 7) is 0.709. The van der Waals surface area contributed by atoms with Gasteiger partial charge in [0.1, 0.15) is 5.76 Å². The smallest absolute Gasteiger partial charge is 0.259 e. The van der Waals surface area contributed by atoms with E-state index < -0.39 is 0 Å². The summed E-state index contributed by atoms with van der Waals surface area (Å²) in [5.74, 6) is 0.678. The van der Waals surface area contributed by atoms with Gasteiger partial charge in [0.15, 0.2) is 0 Å². The van der Waals surface area contributed by atoms with E-state index in [0.29, 0.717) is 17.9 Å². The molecule has 3 heteroatoms. The van der Waals surface area contributed by atoms with E-state index in [1.165, 1.54) is 5.56 Å². The average Bonchev–Trinajstić information content (AvgIpc) is 3.29. The molecule has 0 unspecified atom stereocenters. The highest BCUT2D eigenvalue weighted by atomic mass is 16.3. The minimum absolute atomic E-state index is 0.00236. The molecule has 1 amide bonds. The van der Waals surface area contributed by atoms with Crippen LogP contribution in [0.25, 0.3) is 11.6 Å². The van der Waals surface area contributed by atoms with Crippen LogP contribution < -0.4 is 4.90 Å². The highest BCUT2D eigenvalue weighted by Gasteiger charge is 2.27. The number of amides is 1. The molecule has 24 heavy (non-hydrogen) atoms. The van der Waals surface area contributed by atoms with Crippen LogP contribution >= 0.6 is 0 Å². The Balaban J connectivity index is 1.76. The number of rotatable bonds is 3. The van der Waals surface area contributed by atoms with E-state index in [1.807, 2.05) is 71.6 Å². The summed E-state index contributed by atoms with van der Waals surface area (Å²) < 4.78 is 5.42. The maximum Gasteiger partial charge on any atom is 0.259 e. The molecule has 3 nitrogen and oxygen atoms in total. The molecule has 3 aromatic rings. The van der Waals surface area contributed by atoms with Crippen LogP contribution in [0.1, 0.15) is 16.9 Å². The van der Waals surface area contributed by atoms with Crippen molar-refractivity contribution in [3.05, 3.63) is 89.9 Å². The zero-order chi connectivity index (χ0) is 16.4. The van der Waals surface area contributed by atoms with Crippen molar-refractivity contribution in [1.29, 1.82) is 0 Å². The topological polar surface area (TPSA) is 33.5 Å². The fourth-order valence-electron chi connectivity index (χ4n) is 3.10. The van der Waals surface area contributed by atoms with Crippen molar-refractivity contribution >= 4 is 23.2 Å². The third-order valence-electron chi connectivity index (χ3n) is 4.28. The highest BCUT2D eigenvalue weighted by Crippen LogP contribution is 2.31. The Morgan fingerprint density at radius 3 is 2.54 bits per heavy atom. The maximum absolute atomic E-state index is 13.3. The molecule has 0 bridgehead atoms. The molecule has 0 saturated carbocycles. The minimum atomic E-state index is 0.00236. The van der Waals surface area contributed by atoms with Gasteiger partial charge in [0, 0.05) is 12.2 Å². The molecule has 0 saturated heterocycles. The van der Waals surface area contributed by atoms with E-state index in [0.717, 1.165) is 17.7 Å². The molecule has 2 aromatic carbocycles. The van der Waals surface area contributed by atoms with Crippen LogP contribution in [0.2, 0.25) is 0 Å². The number of fused-ring (bicyclic) bond motifs is 1. The molecule has 4 rings (SSSR count). The average molecular weight is 315 g/mol. The van der Waals surface area contributed by atoms with Crippen LogP contribution in [0.4, 0.5) is 5.69 Å². The zero-order valence-corrected chi connectivity index (χ0v) is 13.2. The van der Waals surface area contributed by atoms with Crippen LogP contribution in [-0.2, 0) is 11.2 Å². The molecule has 0 atom stereocenters. The molecular weight excluding hydrogens is 298 g/mol. The van der Waals surface area contributed by atoms with Gasteiger partial charge in [0.2, 0.25) is 0 Å². The molecular formula is C21H17NO2. The summed E-state index contributed by atoms with van der Waals surface area (Å²) in [7, 11) is 0. The fraction of sp³-hybridized carbons (Fsp3) is 0.0952. The van der Waals surface area contributed by atoms with Gasteiger partial charge in [-0.2, -0.15) is 0 Å². The quantitative estimate of drug-likeness (QED) is 0.671.